The molecular weight excluding hydrogens is 568 g/mol. The van der Waals surface area contributed by atoms with Gasteiger partial charge in [-0.3, -0.25) is 9.59 Å². The van der Waals surface area contributed by atoms with Crippen molar-refractivity contribution in [3.8, 4) is 0 Å². The van der Waals surface area contributed by atoms with Gasteiger partial charge in [0.05, 0.1) is 0 Å². The summed E-state index contributed by atoms with van der Waals surface area (Å²) in [6.45, 7) is 16.6. The number of amides is 2. The average Bonchev–Trinajstić information content (AvgIpc) is 3.07. The van der Waals surface area contributed by atoms with Crippen molar-refractivity contribution in [1.82, 2.24) is 20.4 Å². The molecule has 1 rings (SSSR count). The second-order valence-electron chi connectivity index (χ2n) is 13.4. The maximum atomic E-state index is 12.9. The first kappa shape index (κ1) is 42.1. The van der Waals surface area contributed by atoms with Crippen molar-refractivity contribution in [1.29, 1.82) is 0 Å². The molecule has 2 amide bonds. The van der Waals surface area contributed by atoms with Gasteiger partial charge in [0.25, 0.3) is 11.8 Å². The molecule has 6 heteroatoms. The maximum absolute atomic E-state index is 12.9. The van der Waals surface area contributed by atoms with Crippen molar-refractivity contribution in [2.24, 2.45) is 0 Å². The number of nitrogens with zero attached hydrogens (tertiary/aromatic N) is 2. The third-order valence-electron chi connectivity index (χ3n) is 9.15. The summed E-state index contributed by atoms with van der Waals surface area (Å²) in [6, 6.07) is 7.12. The fourth-order valence-electron chi connectivity index (χ4n) is 6.06. The van der Waals surface area contributed by atoms with Crippen LogP contribution >= 0.6 is 0 Å². The van der Waals surface area contributed by atoms with Gasteiger partial charge in [-0.05, 0) is 76.1 Å². The maximum Gasteiger partial charge on any atom is 0.251 e. The number of nitrogens with one attached hydrogen (secondary N) is 2. The minimum atomic E-state index is -0.0636. The van der Waals surface area contributed by atoms with E-state index in [2.05, 4.69) is 48.1 Å². The van der Waals surface area contributed by atoms with Crippen molar-refractivity contribution in [3.05, 3.63) is 35.4 Å². The van der Waals surface area contributed by atoms with Crippen LogP contribution in [0.1, 0.15) is 177 Å². The van der Waals surface area contributed by atoms with Gasteiger partial charge in [0.15, 0.2) is 0 Å². The van der Waals surface area contributed by atoms with Crippen LogP contribution in [-0.4, -0.2) is 74.0 Å². The van der Waals surface area contributed by atoms with Crippen molar-refractivity contribution >= 4 is 11.8 Å². The molecule has 0 aliphatic carbocycles. The predicted molar refractivity (Wildman–Crippen MR) is 199 cm³/mol. The molecule has 0 spiro atoms. The number of unbranched alkanes of at least 4 members (excludes halogenated alkanes) is 16. The first-order valence-corrected chi connectivity index (χ1v) is 19.7. The topological polar surface area (TPSA) is 64.7 Å². The van der Waals surface area contributed by atoms with Crippen LogP contribution in [-0.2, 0) is 0 Å². The number of carbonyl (C=O) groups excluding carboxylic acids is 2. The standard InChI is InChI=1S/C40H74N4O2/c1-5-9-13-17-21-31-43(32-22-18-14-10-6-2)35-29-41-39(45)37-25-27-38(28-26-37)40(46)42-30-36-44(33-23-19-15-11-7-3)34-24-20-16-12-8-4/h25-28H,5-24,29-36H2,1-4H3,(H,41,45)(H,42,46). The van der Waals surface area contributed by atoms with E-state index in [1.807, 2.05) is 0 Å². The Morgan fingerprint density at radius 2 is 0.674 bits per heavy atom. The Labute approximate surface area is 285 Å². The molecule has 2 N–H and O–H groups in total. The van der Waals surface area contributed by atoms with Crippen LogP contribution in [0.5, 0.6) is 0 Å². The third-order valence-corrected chi connectivity index (χ3v) is 9.15. The molecule has 0 saturated carbocycles. The number of carbonyl (C=O) groups is 2. The normalized spacial score (nSPS) is 11.4. The number of hydrogen-bond acceptors (Lipinski definition) is 4. The van der Waals surface area contributed by atoms with Crippen LogP contribution in [0.3, 0.4) is 0 Å². The highest BCUT2D eigenvalue weighted by atomic mass is 16.2. The van der Waals surface area contributed by atoms with E-state index in [1.54, 1.807) is 24.3 Å². The second kappa shape index (κ2) is 30.4. The summed E-state index contributed by atoms with van der Waals surface area (Å²) in [5.41, 5.74) is 1.22. The summed E-state index contributed by atoms with van der Waals surface area (Å²) < 4.78 is 0. The summed E-state index contributed by atoms with van der Waals surface area (Å²) in [6.07, 6.45) is 25.8. The van der Waals surface area contributed by atoms with Gasteiger partial charge in [-0.2, -0.15) is 0 Å². The zero-order valence-corrected chi connectivity index (χ0v) is 30.8. The lowest BCUT2D eigenvalue weighted by Crippen LogP contribution is -2.36. The summed E-state index contributed by atoms with van der Waals surface area (Å²) in [4.78, 5) is 30.8. The van der Waals surface area contributed by atoms with Crippen molar-refractivity contribution in [3.63, 3.8) is 0 Å². The molecule has 0 atom stereocenters. The van der Waals surface area contributed by atoms with E-state index >= 15 is 0 Å². The second-order valence-corrected chi connectivity index (χ2v) is 13.4. The summed E-state index contributed by atoms with van der Waals surface area (Å²) >= 11 is 0. The quantitative estimate of drug-likeness (QED) is 0.0768. The lowest BCUT2D eigenvalue weighted by Gasteiger charge is -2.23. The van der Waals surface area contributed by atoms with Crippen LogP contribution in [0.15, 0.2) is 24.3 Å². The van der Waals surface area contributed by atoms with Crippen molar-refractivity contribution in [2.45, 2.75) is 156 Å². The molecule has 0 unspecified atom stereocenters. The Hall–Kier alpha value is -1.92. The van der Waals surface area contributed by atoms with E-state index < -0.39 is 0 Å². The monoisotopic (exact) mass is 643 g/mol. The van der Waals surface area contributed by atoms with E-state index in [9.17, 15) is 9.59 Å². The first-order chi connectivity index (χ1) is 22.5. The van der Waals surface area contributed by atoms with Crippen LogP contribution in [0.25, 0.3) is 0 Å². The van der Waals surface area contributed by atoms with Gasteiger partial charge in [-0.1, -0.05) is 130 Å². The van der Waals surface area contributed by atoms with Gasteiger partial charge in [-0.15, -0.1) is 0 Å². The van der Waals surface area contributed by atoms with Crippen LogP contribution in [0.2, 0.25) is 0 Å². The van der Waals surface area contributed by atoms with Crippen LogP contribution in [0, 0.1) is 0 Å². The largest absolute Gasteiger partial charge is 0.351 e. The molecule has 0 fully saturated rings. The van der Waals surface area contributed by atoms with Gasteiger partial charge in [0.1, 0.15) is 0 Å². The molecule has 6 nitrogen and oxygen atoms in total. The van der Waals surface area contributed by atoms with E-state index in [0.29, 0.717) is 24.2 Å². The molecule has 0 aromatic heterocycles. The lowest BCUT2D eigenvalue weighted by molar-refractivity contribution is 0.0936. The smallest absolute Gasteiger partial charge is 0.251 e. The fourth-order valence-corrected chi connectivity index (χ4v) is 6.06. The fraction of sp³-hybridized carbons (Fsp3) is 0.800. The minimum Gasteiger partial charge on any atom is -0.351 e. The summed E-state index contributed by atoms with van der Waals surface area (Å²) in [7, 11) is 0. The highest BCUT2D eigenvalue weighted by Gasteiger charge is 2.11. The van der Waals surface area contributed by atoms with E-state index in [4.69, 9.17) is 0 Å². The molecular formula is C40H74N4O2. The molecule has 0 saturated heterocycles. The summed E-state index contributed by atoms with van der Waals surface area (Å²) in [5.74, 6) is -0.127. The van der Waals surface area contributed by atoms with Gasteiger partial charge in [0, 0.05) is 37.3 Å². The molecule has 1 aromatic rings. The van der Waals surface area contributed by atoms with Crippen LogP contribution in [0.4, 0.5) is 0 Å². The Morgan fingerprint density at radius 3 is 0.935 bits per heavy atom. The molecule has 266 valence electrons. The first-order valence-electron chi connectivity index (χ1n) is 19.7. The minimum absolute atomic E-state index is 0.0636. The molecule has 0 heterocycles. The van der Waals surface area contributed by atoms with E-state index in [0.717, 1.165) is 39.3 Å². The predicted octanol–water partition coefficient (Wildman–Crippen LogP) is 9.63. The Morgan fingerprint density at radius 1 is 0.413 bits per heavy atom. The van der Waals surface area contributed by atoms with E-state index in [-0.39, 0.29) is 11.8 Å². The SMILES string of the molecule is CCCCCCCN(CCCCCCC)CCNC(=O)c1ccc(C(=O)NCCN(CCCCCCC)CCCCCCC)cc1. The van der Waals surface area contributed by atoms with Crippen LogP contribution < -0.4 is 10.6 Å². The Kier molecular flexibility index (Phi) is 27.8. The van der Waals surface area contributed by atoms with Crippen molar-refractivity contribution < 1.29 is 9.59 Å². The molecule has 46 heavy (non-hydrogen) atoms. The zero-order chi connectivity index (χ0) is 33.5. The molecule has 0 radical (unpaired) electrons. The zero-order valence-electron chi connectivity index (χ0n) is 30.8. The Balaban J connectivity index is 2.48. The summed E-state index contributed by atoms with van der Waals surface area (Å²) in [5, 5.41) is 6.23. The number of rotatable bonds is 32. The number of benzene rings is 1. The van der Waals surface area contributed by atoms with E-state index in [1.165, 1.54) is 128 Å². The third kappa shape index (κ3) is 22.6. The highest BCUT2D eigenvalue weighted by molar-refractivity contribution is 5.97. The highest BCUT2D eigenvalue weighted by Crippen LogP contribution is 2.10. The molecule has 1 aromatic carbocycles. The van der Waals surface area contributed by atoms with Gasteiger partial charge < -0.3 is 20.4 Å². The molecule has 0 aliphatic rings. The van der Waals surface area contributed by atoms with Gasteiger partial charge >= 0.3 is 0 Å². The molecule has 0 aliphatic heterocycles. The van der Waals surface area contributed by atoms with Gasteiger partial charge in [-0.25, -0.2) is 0 Å². The van der Waals surface area contributed by atoms with Gasteiger partial charge in [0.2, 0.25) is 0 Å². The average molecular weight is 643 g/mol. The van der Waals surface area contributed by atoms with Crippen molar-refractivity contribution in [2.75, 3.05) is 52.4 Å². The lowest BCUT2D eigenvalue weighted by atomic mass is 10.1. The number of hydrogen-bond donors (Lipinski definition) is 2. The molecule has 0 bridgehead atoms. The Bertz CT molecular complexity index is 747.